The molecule has 31 heavy (non-hydrogen) atoms. The minimum Gasteiger partial charge on any atom is -0.477 e. The molecule has 2 aliphatic carbocycles. The summed E-state index contributed by atoms with van der Waals surface area (Å²) in [5.74, 6) is -3.34. The zero-order valence-electron chi connectivity index (χ0n) is 16.8. The Bertz CT molecular complexity index is 1310. The summed E-state index contributed by atoms with van der Waals surface area (Å²) in [5.41, 5.74) is 4.64. The SMILES string of the molecule is CNC1CCCc2sc(-c3c(F)c(N)c4c(=O)c(C(=O)O)cn(C5CC5)c4c3F)cc21. The van der Waals surface area contributed by atoms with Crippen molar-refractivity contribution in [3.63, 3.8) is 0 Å². The van der Waals surface area contributed by atoms with E-state index in [1.807, 2.05) is 7.05 Å². The van der Waals surface area contributed by atoms with Crippen LogP contribution in [-0.2, 0) is 6.42 Å². The molecule has 2 aliphatic rings. The third kappa shape index (κ3) is 2.98. The van der Waals surface area contributed by atoms with Gasteiger partial charge in [0.2, 0.25) is 5.43 Å². The number of fused-ring (bicyclic) bond motifs is 2. The number of carboxylic acid groups (broad SMARTS) is 1. The predicted molar refractivity (Wildman–Crippen MR) is 116 cm³/mol. The van der Waals surface area contributed by atoms with Gasteiger partial charge in [0.1, 0.15) is 5.56 Å². The maximum absolute atomic E-state index is 15.9. The van der Waals surface area contributed by atoms with Crippen LogP contribution < -0.4 is 16.5 Å². The number of halogens is 2. The largest absolute Gasteiger partial charge is 0.477 e. The topological polar surface area (TPSA) is 97.3 Å². The van der Waals surface area contributed by atoms with Gasteiger partial charge in [-0.1, -0.05) is 0 Å². The summed E-state index contributed by atoms with van der Waals surface area (Å²) in [5, 5.41) is 12.3. The molecule has 0 bridgehead atoms. The fraction of sp³-hybridized carbons (Fsp3) is 0.364. The van der Waals surface area contributed by atoms with Crippen LogP contribution in [0, 0.1) is 11.6 Å². The molecule has 4 N–H and O–H groups in total. The number of aryl methyl sites for hydroxylation is 1. The van der Waals surface area contributed by atoms with Gasteiger partial charge in [-0.2, -0.15) is 0 Å². The van der Waals surface area contributed by atoms with E-state index in [1.54, 1.807) is 6.07 Å². The Kier molecular flexibility index (Phi) is 4.63. The second-order valence-corrected chi connectivity index (χ2v) is 9.32. The van der Waals surface area contributed by atoms with Crippen molar-refractivity contribution in [1.29, 1.82) is 0 Å². The zero-order chi connectivity index (χ0) is 22.0. The van der Waals surface area contributed by atoms with E-state index in [0.717, 1.165) is 48.7 Å². The Balaban J connectivity index is 1.83. The Labute approximate surface area is 180 Å². The summed E-state index contributed by atoms with van der Waals surface area (Å²) in [6, 6.07) is 1.79. The van der Waals surface area contributed by atoms with Crippen molar-refractivity contribution in [2.75, 3.05) is 12.8 Å². The lowest BCUT2D eigenvalue weighted by Crippen LogP contribution is -2.21. The molecule has 1 unspecified atom stereocenters. The number of anilines is 1. The average Bonchev–Trinajstić information content (AvgIpc) is 3.49. The van der Waals surface area contributed by atoms with Crippen LogP contribution >= 0.6 is 11.3 Å². The fourth-order valence-corrected chi connectivity index (χ4v) is 5.85. The normalized spacial score (nSPS) is 18.4. The second kappa shape index (κ2) is 7.13. The van der Waals surface area contributed by atoms with Crippen molar-refractivity contribution in [3.05, 3.63) is 50.1 Å². The number of nitrogen functional groups attached to an aromatic ring is 1. The third-order valence-electron chi connectivity index (χ3n) is 6.27. The number of aromatic carboxylic acids is 1. The van der Waals surface area contributed by atoms with Crippen molar-refractivity contribution in [1.82, 2.24) is 9.88 Å². The number of carbonyl (C=O) groups is 1. The molecule has 3 aromatic rings. The minimum atomic E-state index is -1.45. The van der Waals surface area contributed by atoms with Gasteiger partial charge in [-0.15, -0.1) is 11.3 Å². The molecule has 9 heteroatoms. The predicted octanol–water partition coefficient (Wildman–Crippen LogP) is 4.22. The molecule has 1 saturated carbocycles. The van der Waals surface area contributed by atoms with Crippen LogP contribution in [0.1, 0.15) is 58.6 Å². The molecule has 0 saturated heterocycles. The Morgan fingerprint density at radius 1 is 1.29 bits per heavy atom. The van der Waals surface area contributed by atoms with Crippen LogP contribution in [0.4, 0.5) is 14.5 Å². The van der Waals surface area contributed by atoms with Crippen LogP contribution in [0.5, 0.6) is 0 Å². The molecule has 2 aromatic heterocycles. The lowest BCUT2D eigenvalue weighted by atomic mass is 9.93. The van der Waals surface area contributed by atoms with Gasteiger partial charge < -0.3 is 20.7 Å². The highest BCUT2D eigenvalue weighted by Gasteiger charge is 2.33. The number of nitrogens with two attached hydrogens (primary N) is 1. The van der Waals surface area contributed by atoms with Crippen LogP contribution in [0.2, 0.25) is 0 Å². The molecule has 1 aromatic carbocycles. The Morgan fingerprint density at radius 3 is 2.68 bits per heavy atom. The highest BCUT2D eigenvalue weighted by Crippen LogP contribution is 2.45. The van der Waals surface area contributed by atoms with E-state index in [1.165, 1.54) is 15.9 Å². The lowest BCUT2D eigenvalue weighted by Gasteiger charge is -2.21. The fourth-order valence-electron chi connectivity index (χ4n) is 4.55. The highest BCUT2D eigenvalue weighted by molar-refractivity contribution is 7.15. The van der Waals surface area contributed by atoms with Gasteiger partial charge in [0.15, 0.2) is 11.6 Å². The van der Waals surface area contributed by atoms with Crippen molar-refractivity contribution < 1.29 is 18.7 Å². The number of pyridine rings is 1. The molecule has 0 radical (unpaired) electrons. The zero-order valence-corrected chi connectivity index (χ0v) is 17.6. The number of nitrogens with one attached hydrogen (secondary N) is 1. The molecule has 2 heterocycles. The van der Waals surface area contributed by atoms with Crippen LogP contribution in [-0.4, -0.2) is 22.7 Å². The van der Waals surface area contributed by atoms with Crippen molar-refractivity contribution in [2.24, 2.45) is 0 Å². The summed E-state index contributed by atoms with van der Waals surface area (Å²) < 4.78 is 32.7. The summed E-state index contributed by atoms with van der Waals surface area (Å²) in [4.78, 5) is 25.8. The van der Waals surface area contributed by atoms with Crippen LogP contribution in [0.3, 0.4) is 0 Å². The Morgan fingerprint density at radius 2 is 2.03 bits per heavy atom. The number of hydrogen-bond acceptors (Lipinski definition) is 5. The van der Waals surface area contributed by atoms with E-state index in [0.29, 0.717) is 4.88 Å². The Hall–Kier alpha value is -2.78. The van der Waals surface area contributed by atoms with E-state index in [-0.39, 0.29) is 23.2 Å². The monoisotopic (exact) mass is 445 g/mol. The van der Waals surface area contributed by atoms with Crippen LogP contribution in [0.25, 0.3) is 21.3 Å². The maximum Gasteiger partial charge on any atom is 0.341 e. The molecule has 0 amide bonds. The van der Waals surface area contributed by atoms with Gasteiger partial charge >= 0.3 is 5.97 Å². The molecule has 1 atom stereocenters. The van der Waals surface area contributed by atoms with Gasteiger partial charge in [-0.25, -0.2) is 13.6 Å². The first-order chi connectivity index (χ1) is 14.8. The summed E-state index contributed by atoms with van der Waals surface area (Å²) in [6.07, 6.45) is 5.39. The van der Waals surface area contributed by atoms with E-state index >= 15 is 8.78 Å². The molecule has 0 aliphatic heterocycles. The van der Waals surface area contributed by atoms with Crippen LogP contribution in [0.15, 0.2) is 17.1 Å². The minimum absolute atomic E-state index is 0.122. The van der Waals surface area contributed by atoms with E-state index in [9.17, 15) is 14.7 Å². The van der Waals surface area contributed by atoms with Gasteiger partial charge in [0, 0.05) is 28.0 Å². The number of nitrogens with zero attached hydrogens (tertiary/aromatic N) is 1. The molecule has 1 fully saturated rings. The lowest BCUT2D eigenvalue weighted by molar-refractivity contribution is 0.0695. The summed E-state index contributed by atoms with van der Waals surface area (Å²) in [7, 11) is 1.86. The second-order valence-electron chi connectivity index (χ2n) is 8.18. The smallest absolute Gasteiger partial charge is 0.341 e. The molecule has 162 valence electrons. The van der Waals surface area contributed by atoms with Gasteiger partial charge in [-0.05, 0) is 50.8 Å². The van der Waals surface area contributed by atoms with Crippen molar-refractivity contribution in [3.8, 4) is 10.4 Å². The van der Waals surface area contributed by atoms with Gasteiger partial charge in [0.05, 0.1) is 22.2 Å². The van der Waals surface area contributed by atoms with Gasteiger partial charge in [-0.3, -0.25) is 4.79 Å². The molecular formula is C22H21F2N3O3S. The highest BCUT2D eigenvalue weighted by atomic mass is 32.1. The number of rotatable bonds is 4. The molecular weight excluding hydrogens is 424 g/mol. The quantitative estimate of drug-likeness (QED) is 0.523. The van der Waals surface area contributed by atoms with E-state index in [2.05, 4.69) is 5.32 Å². The molecule has 6 nitrogen and oxygen atoms in total. The van der Waals surface area contributed by atoms with Crippen molar-refractivity contribution >= 4 is 33.9 Å². The summed E-state index contributed by atoms with van der Waals surface area (Å²) >= 11 is 1.34. The number of aromatic nitrogens is 1. The first kappa shape index (κ1) is 20.1. The number of hydrogen-bond donors (Lipinski definition) is 3. The van der Waals surface area contributed by atoms with E-state index in [4.69, 9.17) is 5.73 Å². The van der Waals surface area contributed by atoms with Crippen molar-refractivity contribution in [2.45, 2.75) is 44.2 Å². The molecule has 0 spiro atoms. The molecule has 5 rings (SSSR count). The number of thiophene rings is 1. The third-order valence-corrected chi connectivity index (χ3v) is 7.50. The average molecular weight is 445 g/mol. The van der Waals surface area contributed by atoms with Gasteiger partial charge in [0.25, 0.3) is 0 Å². The maximum atomic E-state index is 15.9. The van der Waals surface area contributed by atoms with E-state index < -0.39 is 39.7 Å². The summed E-state index contributed by atoms with van der Waals surface area (Å²) in [6.45, 7) is 0. The first-order valence-corrected chi connectivity index (χ1v) is 11.0. The number of benzene rings is 1. The first-order valence-electron chi connectivity index (χ1n) is 10.2. The number of carboxylic acids is 1. The standard InChI is InChI=1S/C22H21F2N3O3S/c1-26-12-3-2-4-13-10(12)7-14(31-13)15-17(23)19(25)16-20(18(15)24)27(9-5-6-9)8-11(21(16)28)22(29)30/h7-9,12,26H,2-6,25H2,1H3,(H,29,30).